The monoisotopic (exact) mass is 201 g/mol. The van der Waals surface area contributed by atoms with Crippen LogP contribution in [0.25, 0.3) is 0 Å². The predicted molar refractivity (Wildman–Crippen MR) is 58.8 cm³/mol. The highest BCUT2D eigenvalue weighted by Crippen LogP contribution is 2.30. The molecule has 0 bridgehead atoms. The zero-order valence-corrected chi connectivity index (χ0v) is 9.16. The number of thiocarbonyl (C=S) groups is 1. The van der Waals surface area contributed by atoms with Gasteiger partial charge in [-0.1, -0.05) is 37.9 Å². The Balaban J connectivity index is 2.67. The van der Waals surface area contributed by atoms with Gasteiger partial charge in [0.15, 0.2) is 0 Å². The Morgan fingerprint density at radius 3 is 2.23 bits per heavy atom. The van der Waals surface area contributed by atoms with Crippen LogP contribution in [0.5, 0.6) is 0 Å². The molecule has 13 heavy (non-hydrogen) atoms. The van der Waals surface area contributed by atoms with Crippen molar-refractivity contribution in [3.05, 3.63) is 0 Å². The minimum atomic E-state index is -0.277. The summed E-state index contributed by atoms with van der Waals surface area (Å²) in [7, 11) is 0. The van der Waals surface area contributed by atoms with Gasteiger partial charge >= 0.3 is 0 Å². The number of nitrogens with two attached hydrogens (primary N) is 1. The molecule has 1 aliphatic rings. The minimum Gasteiger partial charge on any atom is -0.391 e. The van der Waals surface area contributed by atoms with Crippen molar-refractivity contribution >= 4 is 17.2 Å². The maximum Gasteiger partial charge on any atom is 0.118 e. The first-order valence-corrected chi connectivity index (χ1v) is 5.56. The van der Waals surface area contributed by atoms with Crippen molar-refractivity contribution in [3.63, 3.8) is 0 Å². The molecular weight excluding hydrogens is 182 g/mol. The third-order valence-corrected chi connectivity index (χ3v) is 3.15. The highest BCUT2D eigenvalue weighted by molar-refractivity contribution is 7.80. The Hall–Kier alpha value is -0.150. The Morgan fingerprint density at radius 1 is 1.31 bits per heavy atom. The van der Waals surface area contributed by atoms with E-state index in [4.69, 9.17) is 22.7 Å². The van der Waals surface area contributed by atoms with Crippen molar-refractivity contribution < 1.29 is 4.74 Å². The van der Waals surface area contributed by atoms with Crippen molar-refractivity contribution in [2.45, 2.75) is 51.0 Å². The summed E-state index contributed by atoms with van der Waals surface area (Å²) in [6.45, 7) is 2.71. The fraction of sp³-hybridized carbons (Fsp3) is 0.900. The topological polar surface area (TPSA) is 35.2 Å². The average Bonchev–Trinajstić information content (AvgIpc) is 2.31. The van der Waals surface area contributed by atoms with Gasteiger partial charge in [0.1, 0.15) is 10.6 Å². The van der Waals surface area contributed by atoms with Gasteiger partial charge in [0.2, 0.25) is 0 Å². The lowest BCUT2D eigenvalue weighted by Crippen LogP contribution is -2.44. The lowest BCUT2D eigenvalue weighted by atomic mass is 9.94. The molecule has 2 nitrogen and oxygen atoms in total. The van der Waals surface area contributed by atoms with Crippen LogP contribution in [0.3, 0.4) is 0 Å². The quantitative estimate of drug-likeness (QED) is 0.562. The van der Waals surface area contributed by atoms with Gasteiger partial charge in [-0.15, -0.1) is 0 Å². The van der Waals surface area contributed by atoms with Gasteiger partial charge in [0.25, 0.3) is 0 Å². The Kier molecular flexibility index (Phi) is 4.13. The van der Waals surface area contributed by atoms with Crippen molar-refractivity contribution in [2.75, 3.05) is 6.61 Å². The molecule has 1 aliphatic carbocycles. The highest BCUT2D eigenvalue weighted by Gasteiger charge is 2.34. The van der Waals surface area contributed by atoms with E-state index < -0.39 is 0 Å². The third-order valence-electron chi connectivity index (χ3n) is 2.78. The van der Waals surface area contributed by atoms with Crippen LogP contribution in [0.2, 0.25) is 0 Å². The predicted octanol–water partition coefficient (Wildman–Crippen LogP) is 2.40. The fourth-order valence-electron chi connectivity index (χ4n) is 2.04. The number of hydrogen-bond donors (Lipinski definition) is 1. The molecule has 0 aliphatic heterocycles. The molecule has 1 saturated carbocycles. The molecule has 0 aromatic rings. The molecule has 0 amide bonds. The number of rotatable bonds is 3. The second-order valence-electron chi connectivity index (χ2n) is 3.71. The Bertz CT molecular complexity index is 174. The van der Waals surface area contributed by atoms with E-state index in [0.717, 1.165) is 12.8 Å². The van der Waals surface area contributed by atoms with E-state index >= 15 is 0 Å². The molecule has 0 radical (unpaired) electrons. The lowest BCUT2D eigenvalue weighted by Gasteiger charge is -2.31. The first-order valence-electron chi connectivity index (χ1n) is 5.15. The van der Waals surface area contributed by atoms with E-state index in [1.807, 2.05) is 6.92 Å². The van der Waals surface area contributed by atoms with Crippen LogP contribution in [0.4, 0.5) is 0 Å². The molecule has 2 N–H and O–H groups in total. The van der Waals surface area contributed by atoms with Crippen LogP contribution < -0.4 is 5.73 Å². The van der Waals surface area contributed by atoms with Crippen LogP contribution in [0.1, 0.15) is 45.4 Å². The summed E-state index contributed by atoms with van der Waals surface area (Å²) in [6, 6.07) is 0. The lowest BCUT2D eigenvalue weighted by molar-refractivity contribution is 0.00536. The number of hydrogen-bond acceptors (Lipinski definition) is 2. The Morgan fingerprint density at radius 2 is 1.85 bits per heavy atom. The molecule has 0 spiro atoms. The second-order valence-corrected chi connectivity index (χ2v) is 4.15. The first-order chi connectivity index (χ1) is 6.21. The molecule has 0 saturated heterocycles. The fourth-order valence-corrected chi connectivity index (χ4v) is 2.30. The summed E-state index contributed by atoms with van der Waals surface area (Å²) in [6.07, 6.45) is 6.98. The van der Waals surface area contributed by atoms with Gasteiger partial charge in [-0.25, -0.2) is 0 Å². The largest absolute Gasteiger partial charge is 0.391 e. The summed E-state index contributed by atoms with van der Waals surface area (Å²) in [5, 5.41) is 0. The highest BCUT2D eigenvalue weighted by atomic mass is 32.1. The van der Waals surface area contributed by atoms with Crippen LogP contribution in [-0.2, 0) is 4.74 Å². The molecule has 0 aromatic heterocycles. The van der Waals surface area contributed by atoms with Crippen molar-refractivity contribution in [3.8, 4) is 0 Å². The summed E-state index contributed by atoms with van der Waals surface area (Å²) < 4.78 is 5.75. The van der Waals surface area contributed by atoms with Gasteiger partial charge in [-0.3, -0.25) is 0 Å². The average molecular weight is 201 g/mol. The third kappa shape index (κ3) is 2.64. The molecular formula is C10H19NOS. The minimum absolute atomic E-state index is 0.277. The second kappa shape index (κ2) is 4.91. The van der Waals surface area contributed by atoms with Crippen LogP contribution in [0, 0.1) is 0 Å². The molecule has 1 fully saturated rings. The summed E-state index contributed by atoms with van der Waals surface area (Å²) in [5.74, 6) is 0. The molecule has 3 heteroatoms. The number of ether oxygens (including phenoxy) is 1. The zero-order valence-electron chi connectivity index (χ0n) is 8.34. The molecule has 1 rings (SSSR count). The summed E-state index contributed by atoms with van der Waals surface area (Å²) in [5.41, 5.74) is 5.49. The maximum atomic E-state index is 5.76. The first kappa shape index (κ1) is 10.9. The molecule has 76 valence electrons. The van der Waals surface area contributed by atoms with Crippen LogP contribution in [0.15, 0.2) is 0 Å². The molecule has 0 atom stereocenters. The van der Waals surface area contributed by atoms with Gasteiger partial charge in [0.05, 0.1) is 0 Å². The van der Waals surface area contributed by atoms with Crippen molar-refractivity contribution in [1.29, 1.82) is 0 Å². The molecule has 0 heterocycles. The van der Waals surface area contributed by atoms with E-state index in [1.54, 1.807) is 0 Å². The SMILES string of the molecule is CCOC1(C(N)=S)CCCCCC1. The van der Waals surface area contributed by atoms with Gasteiger partial charge < -0.3 is 10.5 Å². The van der Waals surface area contributed by atoms with Crippen molar-refractivity contribution in [2.24, 2.45) is 5.73 Å². The van der Waals surface area contributed by atoms with Gasteiger partial charge in [-0.05, 0) is 19.8 Å². The zero-order chi connectivity index (χ0) is 9.73. The van der Waals surface area contributed by atoms with E-state index in [-0.39, 0.29) is 5.60 Å². The van der Waals surface area contributed by atoms with Crippen LogP contribution >= 0.6 is 12.2 Å². The standard InChI is InChI=1S/C10H19NOS/c1-2-12-10(9(11)13)7-5-3-4-6-8-10/h2-8H2,1H3,(H2,11,13). The van der Waals surface area contributed by atoms with E-state index in [1.165, 1.54) is 25.7 Å². The summed E-state index contributed by atoms with van der Waals surface area (Å²) in [4.78, 5) is 0.552. The summed E-state index contributed by atoms with van der Waals surface area (Å²) >= 11 is 5.11. The Labute approximate surface area is 85.8 Å². The molecule has 0 unspecified atom stereocenters. The van der Waals surface area contributed by atoms with Gasteiger partial charge in [-0.2, -0.15) is 0 Å². The van der Waals surface area contributed by atoms with Crippen molar-refractivity contribution in [1.82, 2.24) is 0 Å². The van der Waals surface area contributed by atoms with Gasteiger partial charge in [0, 0.05) is 6.61 Å². The maximum absolute atomic E-state index is 5.76. The van der Waals surface area contributed by atoms with Crippen LogP contribution in [-0.4, -0.2) is 17.2 Å². The molecule has 0 aromatic carbocycles. The van der Waals surface area contributed by atoms with E-state index in [9.17, 15) is 0 Å². The smallest absolute Gasteiger partial charge is 0.118 e. The normalized spacial score (nSPS) is 22.2. The van der Waals surface area contributed by atoms with E-state index in [0.29, 0.717) is 11.6 Å². The van der Waals surface area contributed by atoms with E-state index in [2.05, 4.69) is 0 Å².